The Hall–Kier alpha value is -2.59. The smallest absolute Gasteiger partial charge is 0.146 e. The van der Waals surface area contributed by atoms with Crippen molar-refractivity contribution in [2.75, 3.05) is 0 Å². The van der Waals surface area contributed by atoms with Crippen LogP contribution in [0.5, 0.6) is 0 Å². The van der Waals surface area contributed by atoms with Crippen LogP contribution in [0, 0.1) is 23.6 Å². The summed E-state index contributed by atoms with van der Waals surface area (Å²) in [5, 5.41) is 1.66. The average molecular weight is 427 g/mol. The van der Waals surface area contributed by atoms with Gasteiger partial charge >= 0.3 is 0 Å². The van der Waals surface area contributed by atoms with E-state index < -0.39 is 0 Å². The molecule has 1 saturated carbocycles. The monoisotopic (exact) mass is 426 g/mol. The van der Waals surface area contributed by atoms with Crippen molar-refractivity contribution in [3.8, 4) is 11.8 Å². The average Bonchev–Trinajstić information content (AvgIpc) is 2.82. The predicted octanol–water partition coefficient (Wildman–Crippen LogP) is 8.80. The van der Waals surface area contributed by atoms with E-state index in [2.05, 4.69) is 62.1 Å². The summed E-state index contributed by atoms with van der Waals surface area (Å²) in [6.45, 7) is 4.58. The van der Waals surface area contributed by atoms with Crippen LogP contribution < -0.4 is 0 Å². The van der Waals surface area contributed by atoms with Gasteiger partial charge in [0.1, 0.15) is 5.82 Å². The molecular weight excluding hydrogens is 391 g/mol. The van der Waals surface area contributed by atoms with E-state index >= 15 is 4.39 Å². The Morgan fingerprint density at radius 2 is 1.62 bits per heavy atom. The zero-order chi connectivity index (χ0) is 22.3. The lowest BCUT2D eigenvalue weighted by molar-refractivity contribution is 0.348. The molecule has 0 radical (unpaired) electrons. The van der Waals surface area contributed by atoms with Crippen molar-refractivity contribution >= 4 is 10.8 Å². The highest BCUT2D eigenvalue weighted by Gasteiger charge is 2.20. The van der Waals surface area contributed by atoms with Gasteiger partial charge in [-0.05, 0) is 72.2 Å². The van der Waals surface area contributed by atoms with Crippen molar-refractivity contribution in [2.24, 2.45) is 5.92 Å². The Morgan fingerprint density at radius 1 is 0.844 bits per heavy atom. The van der Waals surface area contributed by atoms with Gasteiger partial charge in [0.25, 0.3) is 0 Å². The molecule has 166 valence electrons. The van der Waals surface area contributed by atoms with E-state index in [4.69, 9.17) is 0 Å². The number of rotatable bonds is 6. The van der Waals surface area contributed by atoms with Crippen molar-refractivity contribution < 1.29 is 4.39 Å². The van der Waals surface area contributed by atoms with E-state index in [9.17, 15) is 0 Å². The van der Waals surface area contributed by atoms with E-state index in [0.29, 0.717) is 16.9 Å². The van der Waals surface area contributed by atoms with Crippen LogP contribution in [-0.2, 0) is 6.42 Å². The number of hydrogen-bond acceptors (Lipinski definition) is 0. The second kappa shape index (κ2) is 10.8. The van der Waals surface area contributed by atoms with Crippen molar-refractivity contribution in [3.05, 3.63) is 82.7 Å². The standard InChI is InChI=1S/C31H35F/c1-3-4-5-6-7-24-10-12-25(13-11-24)14-17-27-18-19-29-22-28(20-21-30(29)31(27)32)26-15-8-23(2)9-16-26/h10-13,18-23,26H,3-9,15-16H2,1-2H3. The van der Waals surface area contributed by atoms with Gasteiger partial charge in [0, 0.05) is 10.9 Å². The van der Waals surface area contributed by atoms with Gasteiger partial charge in [0.05, 0.1) is 5.56 Å². The third-order valence-electron chi connectivity index (χ3n) is 7.08. The summed E-state index contributed by atoms with van der Waals surface area (Å²) >= 11 is 0. The first-order chi connectivity index (χ1) is 15.6. The first-order valence-corrected chi connectivity index (χ1v) is 12.5. The molecule has 0 aliphatic heterocycles. The molecule has 0 amide bonds. The van der Waals surface area contributed by atoms with Gasteiger partial charge in [-0.15, -0.1) is 0 Å². The van der Waals surface area contributed by atoms with Crippen LogP contribution in [0.25, 0.3) is 10.8 Å². The molecule has 1 fully saturated rings. The first-order valence-electron chi connectivity index (χ1n) is 12.5. The third-order valence-corrected chi connectivity index (χ3v) is 7.08. The Kier molecular flexibility index (Phi) is 7.64. The van der Waals surface area contributed by atoms with Gasteiger partial charge in [0.15, 0.2) is 0 Å². The molecule has 1 heteroatoms. The summed E-state index contributed by atoms with van der Waals surface area (Å²) in [7, 11) is 0. The van der Waals surface area contributed by atoms with Gasteiger partial charge in [-0.2, -0.15) is 0 Å². The summed E-state index contributed by atoms with van der Waals surface area (Å²) in [6.07, 6.45) is 11.3. The minimum atomic E-state index is -0.202. The lowest BCUT2D eigenvalue weighted by atomic mass is 9.79. The largest absolute Gasteiger partial charge is 0.205 e. The lowest BCUT2D eigenvalue weighted by Crippen LogP contribution is -2.10. The molecule has 0 N–H and O–H groups in total. The molecule has 0 unspecified atom stereocenters. The molecule has 1 aliphatic carbocycles. The van der Waals surface area contributed by atoms with Crippen LogP contribution in [0.15, 0.2) is 54.6 Å². The summed E-state index contributed by atoms with van der Waals surface area (Å²) in [6, 6.07) is 18.5. The number of fused-ring (bicyclic) bond motifs is 1. The van der Waals surface area contributed by atoms with E-state index in [1.165, 1.54) is 62.5 Å². The molecule has 1 aliphatic rings. The van der Waals surface area contributed by atoms with Crippen molar-refractivity contribution in [3.63, 3.8) is 0 Å². The molecule has 0 atom stereocenters. The number of unbranched alkanes of at least 4 members (excludes halogenated alkanes) is 3. The highest BCUT2D eigenvalue weighted by molar-refractivity contribution is 5.85. The van der Waals surface area contributed by atoms with Crippen molar-refractivity contribution in [2.45, 2.75) is 77.6 Å². The van der Waals surface area contributed by atoms with Gasteiger partial charge < -0.3 is 0 Å². The minimum Gasteiger partial charge on any atom is -0.205 e. The molecule has 0 heterocycles. The quantitative estimate of drug-likeness (QED) is 0.273. The van der Waals surface area contributed by atoms with Crippen LogP contribution in [0.4, 0.5) is 4.39 Å². The molecule has 3 aromatic carbocycles. The van der Waals surface area contributed by atoms with Gasteiger partial charge in [0.2, 0.25) is 0 Å². The molecule has 0 nitrogen and oxygen atoms in total. The molecule has 4 rings (SSSR count). The number of aryl methyl sites for hydroxylation is 1. The van der Waals surface area contributed by atoms with Crippen LogP contribution in [-0.4, -0.2) is 0 Å². The van der Waals surface area contributed by atoms with E-state index in [1.54, 1.807) is 0 Å². The molecule has 0 spiro atoms. The molecule has 3 aromatic rings. The Bertz CT molecular complexity index is 1090. The SMILES string of the molecule is CCCCCCc1ccc(C#Cc2ccc3cc(C4CCC(C)CC4)ccc3c2F)cc1. The van der Waals surface area contributed by atoms with E-state index in [-0.39, 0.29) is 5.82 Å². The second-order valence-corrected chi connectivity index (χ2v) is 9.62. The zero-order valence-electron chi connectivity index (χ0n) is 19.6. The highest BCUT2D eigenvalue weighted by atomic mass is 19.1. The summed E-state index contributed by atoms with van der Waals surface area (Å²) in [4.78, 5) is 0. The Morgan fingerprint density at radius 3 is 2.38 bits per heavy atom. The highest BCUT2D eigenvalue weighted by Crippen LogP contribution is 2.36. The summed E-state index contributed by atoms with van der Waals surface area (Å²) in [5.41, 5.74) is 4.12. The van der Waals surface area contributed by atoms with Crippen LogP contribution in [0.3, 0.4) is 0 Å². The van der Waals surface area contributed by atoms with Crippen LogP contribution in [0.2, 0.25) is 0 Å². The van der Waals surface area contributed by atoms with Crippen LogP contribution in [0.1, 0.15) is 93.4 Å². The fraction of sp³-hybridized carbons (Fsp3) is 0.419. The van der Waals surface area contributed by atoms with Crippen molar-refractivity contribution in [1.29, 1.82) is 0 Å². The number of benzene rings is 3. The Balaban J connectivity index is 1.46. The lowest BCUT2D eigenvalue weighted by Gasteiger charge is -2.26. The summed E-state index contributed by atoms with van der Waals surface area (Å²) < 4.78 is 15.2. The van der Waals surface area contributed by atoms with Crippen LogP contribution >= 0.6 is 0 Å². The van der Waals surface area contributed by atoms with Gasteiger partial charge in [-0.3, -0.25) is 0 Å². The molecular formula is C31H35F. The van der Waals surface area contributed by atoms with Gasteiger partial charge in [-0.1, -0.05) is 94.2 Å². The first kappa shape index (κ1) is 22.6. The fourth-order valence-corrected chi connectivity index (χ4v) is 4.90. The zero-order valence-corrected chi connectivity index (χ0v) is 19.6. The topological polar surface area (TPSA) is 0 Å². The Labute approximate surface area is 193 Å². The second-order valence-electron chi connectivity index (χ2n) is 9.62. The van der Waals surface area contributed by atoms with Crippen molar-refractivity contribution in [1.82, 2.24) is 0 Å². The normalized spacial score (nSPS) is 18.3. The summed E-state index contributed by atoms with van der Waals surface area (Å²) in [5.74, 6) is 7.46. The number of hydrogen-bond donors (Lipinski definition) is 0. The third kappa shape index (κ3) is 5.60. The maximum absolute atomic E-state index is 15.2. The van der Waals surface area contributed by atoms with E-state index in [0.717, 1.165) is 23.3 Å². The molecule has 0 aromatic heterocycles. The molecule has 0 saturated heterocycles. The van der Waals surface area contributed by atoms with E-state index in [1.807, 2.05) is 18.2 Å². The maximum atomic E-state index is 15.2. The van der Waals surface area contributed by atoms with Gasteiger partial charge in [-0.25, -0.2) is 4.39 Å². The predicted molar refractivity (Wildman–Crippen MR) is 135 cm³/mol. The number of halogens is 1. The minimum absolute atomic E-state index is 0.202. The molecule has 0 bridgehead atoms. The maximum Gasteiger partial charge on any atom is 0.146 e. The molecule has 32 heavy (non-hydrogen) atoms. The fourth-order valence-electron chi connectivity index (χ4n) is 4.90.